The third-order valence-electron chi connectivity index (χ3n) is 3.11. The Morgan fingerprint density at radius 2 is 1.33 bits per heavy atom. The van der Waals surface area contributed by atoms with Gasteiger partial charge in [-0.2, -0.15) is 16.4 Å². The van der Waals surface area contributed by atoms with Crippen molar-refractivity contribution in [3.8, 4) is 0 Å². The zero-order valence-corrected chi connectivity index (χ0v) is 11.7. The molecule has 0 bridgehead atoms. The minimum atomic E-state index is -0.771. The Kier molecular flexibility index (Phi) is 4.73. The Morgan fingerprint density at radius 1 is 0.889 bits per heavy atom. The summed E-state index contributed by atoms with van der Waals surface area (Å²) in [5.41, 5.74) is 0. The SMILES string of the molecule is CC(CO)C[Si-](c1ccccc1)c1ccccc1. The molecule has 2 rings (SSSR count). The van der Waals surface area contributed by atoms with Crippen LogP contribution in [0.15, 0.2) is 60.7 Å². The number of aliphatic hydroxyl groups excluding tert-OH is 1. The van der Waals surface area contributed by atoms with Crippen LogP contribution in [0.2, 0.25) is 6.04 Å². The molecule has 0 aliphatic carbocycles. The van der Waals surface area contributed by atoms with E-state index in [1.54, 1.807) is 0 Å². The topological polar surface area (TPSA) is 20.2 Å². The van der Waals surface area contributed by atoms with Gasteiger partial charge in [-0.3, -0.25) is 8.80 Å². The van der Waals surface area contributed by atoms with Gasteiger partial charge in [0.05, 0.1) is 0 Å². The maximum Gasteiger partial charge on any atom is 0.0430 e. The van der Waals surface area contributed by atoms with E-state index < -0.39 is 8.80 Å². The van der Waals surface area contributed by atoms with Gasteiger partial charge in [-0.05, 0) is 5.92 Å². The average molecular weight is 255 g/mol. The molecule has 1 nitrogen and oxygen atoms in total. The van der Waals surface area contributed by atoms with Crippen molar-refractivity contribution >= 4 is 19.2 Å². The molecule has 18 heavy (non-hydrogen) atoms. The van der Waals surface area contributed by atoms with Crippen molar-refractivity contribution in [2.75, 3.05) is 6.61 Å². The molecule has 0 aliphatic rings. The maximum absolute atomic E-state index is 9.29. The first-order valence-corrected chi connectivity index (χ1v) is 8.09. The van der Waals surface area contributed by atoms with E-state index in [9.17, 15) is 5.11 Å². The van der Waals surface area contributed by atoms with Crippen molar-refractivity contribution in [1.29, 1.82) is 0 Å². The second kappa shape index (κ2) is 6.52. The fourth-order valence-corrected chi connectivity index (χ4v) is 4.91. The minimum absolute atomic E-state index is 0.272. The molecule has 0 amide bonds. The van der Waals surface area contributed by atoms with Gasteiger partial charge >= 0.3 is 0 Å². The summed E-state index contributed by atoms with van der Waals surface area (Å²) in [6.45, 7) is 2.39. The van der Waals surface area contributed by atoms with Crippen LogP contribution in [0.5, 0.6) is 0 Å². The summed E-state index contributed by atoms with van der Waals surface area (Å²) >= 11 is 0. The molecule has 0 spiro atoms. The Balaban J connectivity index is 2.29. The van der Waals surface area contributed by atoms with Crippen LogP contribution in [0.3, 0.4) is 0 Å². The van der Waals surface area contributed by atoms with Crippen LogP contribution in [-0.2, 0) is 0 Å². The summed E-state index contributed by atoms with van der Waals surface area (Å²) in [7, 11) is -0.771. The van der Waals surface area contributed by atoms with Crippen molar-refractivity contribution in [1.82, 2.24) is 0 Å². The molecule has 1 unspecified atom stereocenters. The molecule has 2 heteroatoms. The highest BCUT2D eigenvalue weighted by Crippen LogP contribution is 2.07. The highest BCUT2D eigenvalue weighted by atomic mass is 28.3. The van der Waals surface area contributed by atoms with Gasteiger partial charge in [-0.25, -0.2) is 0 Å². The monoisotopic (exact) mass is 255 g/mol. The normalized spacial score (nSPS) is 12.1. The van der Waals surface area contributed by atoms with E-state index in [1.165, 1.54) is 10.4 Å². The Labute approximate surface area is 111 Å². The van der Waals surface area contributed by atoms with Gasteiger partial charge in [0.1, 0.15) is 0 Å². The molecule has 0 saturated heterocycles. The van der Waals surface area contributed by atoms with Gasteiger partial charge < -0.3 is 5.11 Å². The molecule has 0 aliphatic heterocycles. The summed E-state index contributed by atoms with van der Waals surface area (Å²) in [4.78, 5) is 0. The molecule has 2 aromatic rings. The lowest BCUT2D eigenvalue weighted by Crippen LogP contribution is -2.43. The summed E-state index contributed by atoms with van der Waals surface area (Å²) in [6.07, 6.45) is 0. The lowest BCUT2D eigenvalue weighted by molar-refractivity contribution is 0.248. The Hall–Kier alpha value is -1.38. The number of rotatable bonds is 5. The van der Waals surface area contributed by atoms with Gasteiger partial charge in [0, 0.05) is 6.61 Å². The number of benzene rings is 2. The van der Waals surface area contributed by atoms with E-state index in [1.807, 2.05) is 0 Å². The lowest BCUT2D eigenvalue weighted by atomic mass is 10.2. The van der Waals surface area contributed by atoms with Crippen molar-refractivity contribution in [3.63, 3.8) is 0 Å². The van der Waals surface area contributed by atoms with Gasteiger partial charge in [-0.1, -0.05) is 67.6 Å². The van der Waals surface area contributed by atoms with Crippen LogP contribution in [0.4, 0.5) is 0 Å². The first-order chi connectivity index (χ1) is 8.81. The number of aliphatic hydroxyl groups is 1. The molecule has 0 aromatic heterocycles. The predicted octanol–water partition coefficient (Wildman–Crippen LogP) is 1.92. The lowest BCUT2D eigenvalue weighted by Gasteiger charge is -2.34. The summed E-state index contributed by atoms with van der Waals surface area (Å²) in [5, 5.41) is 12.1. The first-order valence-electron chi connectivity index (χ1n) is 6.38. The number of hydrogen-bond acceptors (Lipinski definition) is 1. The molecule has 1 N–H and O–H groups in total. The molecule has 0 saturated carbocycles. The zero-order chi connectivity index (χ0) is 12.8. The highest BCUT2D eigenvalue weighted by molar-refractivity contribution is 6.85. The fourth-order valence-electron chi connectivity index (χ4n) is 2.09. The van der Waals surface area contributed by atoms with Crippen LogP contribution in [0.25, 0.3) is 0 Å². The molecule has 0 radical (unpaired) electrons. The summed E-state index contributed by atoms with van der Waals surface area (Å²) in [6, 6.07) is 22.5. The highest BCUT2D eigenvalue weighted by Gasteiger charge is 2.04. The average Bonchev–Trinajstić information content (AvgIpc) is 2.46. The molecule has 1 atom stereocenters. The Bertz CT molecular complexity index is 416. The van der Waals surface area contributed by atoms with Gasteiger partial charge in [0.15, 0.2) is 0 Å². The van der Waals surface area contributed by atoms with Gasteiger partial charge in [-0.15, -0.1) is 0 Å². The van der Waals surface area contributed by atoms with Crippen molar-refractivity contribution < 1.29 is 5.11 Å². The smallest absolute Gasteiger partial charge is 0.0430 e. The van der Waals surface area contributed by atoms with Crippen LogP contribution >= 0.6 is 0 Å². The summed E-state index contributed by atoms with van der Waals surface area (Å²) < 4.78 is 0. The van der Waals surface area contributed by atoms with Crippen molar-refractivity contribution in [2.24, 2.45) is 5.92 Å². The Morgan fingerprint density at radius 3 is 1.72 bits per heavy atom. The van der Waals surface area contributed by atoms with E-state index in [2.05, 4.69) is 67.6 Å². The van der Waals surface area contributed by atoms with Crippen molar-refractivity contribution in [2.45, 2.75) is 13.0 Å². The maximum atomic E-state index is 9.29. The largest absolute Gasteiger partial charge is 0.396 e. The standard InChI is InChI=1S/C16H19OSi/c1-14(12-17)13-18(15-8-4-2-5-9-15)16-10-6-3-7-11-16/h2-11,14,17H,12-13H2,1H3/q-1. The quantitative estimate of drug-likeness (QED) is 0.809. The predicted molar refractivity (Wildman–Crippen MR) is 79.0 cm³/mol. The molecule has 2 aromatic carbocycles. The molecular weight excluding hydrogens is 236 g/mol. The first kappa shape index (κ1) is 13.1. The molecule has 0 heterocycles. The van der Waals surface area contributed by atoms with E-state index in [0.717, 1.165) is 6.04 Å². The minimum Gasteiger partial charge on any atom is -0.396 e. The van der Waals surface area contributed by atoms with Crippen LogP contribution in [0.1, 0.15) is 6.92 Å². The second-order valence-electron chi connectivity index (χ2n) is 4.70. The summed E-state index contributed by atoms with van der Waals surface area (Å²) in [5.74, 6) is 0.360. The zero-order valence-electron chi connectivity index (χ0n) is 10.7. The molecule has 94 valence electrons. The second-order valence-corrected chi connectivity index (χ2v) is 7.22. The van der Waals surface area contributed by atoms with E-state index in [-0.39, 0.29) is 6.61 Å². The van der Waals surface area contributed by atoms with Gasteiger partial charge in [0.25, 0.3) is 0 Å². The third-order valence-corrected chi connectivity index (χ3v) is 6.27. The van der Waals surface area contributed by atoms with Crippen molar-refractivity contribution in [3.05, 3.63) is 60.7 Å². The van der Waals surface area contributed by atoms with Crippen LogP contribution in [0, 0.1) is 5.92 Å². The third kappa shape index (κ3) is 3.31. The molecule has 0 fully saturated rings. The van der Waals surface area contributed by atoms with E-state index in [4.69, 9.17) is 0 Å². The van der Waals surface area contributed by atoms with Crippen LogP contribution < -0.4 is 10.4 Å². The number of hydrogen-bond donors (Lipinski definition) is 1. The fraction of sp³-hybridized carbons (Fsp3) is 0.250. The van der Waals surface area contributed by atoms with E-state index >= 15 is 0 Å². The van der Waals surface area contributed by atoms with Crippen LogP contribution in [-0.4, -0.2) is 20.5 Å². The van der Waals surface area contributed by atoms with E-state index in [0.29, 0.717) is 5.92 Å². The molecular formula is C16H19OSi-. The van der Waals surface area contributed by atoms with Gasteiger partial charge in [0.2, 0.25) is 0 Å².